The van der Waals surface area contributed by atoms with Crippen LogP contribution < -0.4 is 4.74 Å². The second kappa shape index (κ2) is 8.28. The van der Waals surface area contributed by atoms with Gasteiger partial charge in [0.2, 0.25) is 5.88 Å². The number of hydrogen-bond donors (Lipinski definition) is 0. The van der Waals surface area contributed by atoms with Crippen LogP contribution in [-0.2, 0) is 11.2 Å². The van der Waals surface area contributed by atoms with Gasteiger partial charge in [-0.25, -0.2) is 9.37 Å². The molecule has 0 saturated carbocycles. The highest BCUT2D eigenvalue weighted by molar-refractivity contribution is 7.98. The van der Waals surface area contributed by atoms with Crippen molar-refractivity contribution < 1.29 is 9.13 Å². The molecule has 3 rings (SSSR count). The molecule has 27 heavy (non-hydrogen) atoms. The Bertz CT molecular complexity index is 943. The zero-order valence-corrected chi connectivity index (χ0v) is 16.9. The molecule has 0 aliphatic carbocycles. The van der Waals surface area contributed by atoms with Crippen molar-refractivity contribution in [2.75, 3.05) is 0 Å². The van der Waals surface area contributed by atoms with Crippen LogP contribution in [0, 0.1) is 5.82 Å². The number of aromatic nitrogens is 2. The van der Waals surface area contributed by atoms with Crippen LogP contribution in [0.3, 0.4) is 0 Å². The summed E-state index contributed by atoms with van der Waals surface area (Å²) in [5.74, 6) is 0.658. The molecule has 0 unspecified atom stereocenters. The Kier molecular flexibility index (Phi) is 6.02. The SMILES string of the molecule is CC(C)(C)c1cc(Oc2ccccc2F)nc(SCc2ccccc2Cl)n1. The molecule has 0 aliphatic rings. The largest absolute Gasteiger partial charge is 0.436 e. The van der Waals surface area contributed by atoms with Gasteiger partial charge in [0.05, 0.1) is 5.69 Å². The summed E-state index contributed by atoms with van der Waals surface area (Å²) in [7, 11) is 0. The number of nitrogens with zero attached hydrogens (tertiary/aromatic N) is 2. The van der Waals surface area contributed by atoms with Gasteiger partial charge in [-0.2, -0.15) is 4.98 Å². The molecule has 0 fully saturated rings. The molecule has 3 aromatic rings. The second-order valence-corrected chi connectivity index (χ2v) is 8.39. The van der Waals surface area contributed by atoms with Crippen molar-refractivity contribution in [3.8, 4) is 11.6 Å². The first-order chi connectivity index (χ1) is 12.8. The van der Waals surface area contributed by atoms with Crippen molar-refractivity contribution in [3.05, 3.63) is 76.7 Å². The Hall–Kier alpha value is -2.11. The molecular weight excluding hydrogens is 383 g/mol. The van der Waals surface area contributed by atoms with Gasteiger partial charge < -0.3 is 4.74 Å². The van der Waals surface area contributed by atoms with E-state index < -0.39 is 5.82 Å². The quantitative estimate of drug-likeness (QED) is 0.353. The van der Waals surface area contributed by atoms with Crippen LogP contribution in [0.4, 0.5) is 4.39 Å². The van der Waals surface area contributed by atoms with Crippen LogP contribution in [-0.4, -0.2) is 9.97 Å². The molecule has 0 bridgehead atoms. The fourth-order valence-electron chi connectivity index (χ4n) is 2.30. The van der Waals surface area contributed by atoms with Gasteiger partial charge in [0, 0.05) is 22.3 Å². The lowest BCUT2D eigenvalue weighted by Crippen LogP contribution is -2.14. The molecule has 0 spiro atoms. The summed E-state index contributed by atoms with van der Waals surface area (Å²) in [5.41, 5.74) is 1.63. The minimum atomic E-state index is -0.432. The molecular formula is C21H20ClFN2OS. The Morgan fingerprint density at radius 1 is 1.04 bits per heavy atom. The first kappa shape index (κ1) is 19.6. The summed E-state index contributed by atoms with van der Waals surface area (Å²) in [4.78, 5) is 9.10. The number of ether oxygens (including phenoxy) is 1. The summed E-state index contributed by atoms with van der Waals surface area (Å²) in [6, 6.07) is 15.7. The maximum absolute atomic E-state index is 13.9. The van der Waals surface area contributed by atoms with Crippen molar-refractivity contribution in [2.45, 2.75) is 37.1 Å². The lowest BCUT2D eigenvalue weighted by Gasteiger charge is -2.19. The molecule has 0 amide bonds. The maximum atomic E-state index is 13.9. The average Bonchev–Trinajstić information content (AvgIpc) is 2.62. The zero-order valence-electron chi connectivity index (χ0n) is 15.4. The van der Waals surface area contributed by atoms with Gasteiger partial charge >= 0.3 is 0 Å². The monoisotopic (exact) mass is 402 g/mol. The van der Waals surface area contributed by atoms with Crippen molar-refractivity contribution >= 4 is 23.4 Å². The molecule has 2 aromatic carbocycles. The Labute approximate surface area is 168 Å². The highest BCUT2D eigenvalue weighted by Gasteiger charge is 2.19. The molecule has 0 aliphatic heterocycles. The smallest absolute Gasteiger partial charge is 0.223 e. The Morgan fingerprint density at radius 3 is 2.44 bits per heavy atom. The number of para-hydroxylation sites is 1. The van der Waals surface area contributed by atoms with E-state index in [2.05, 4.69) is 30.7 Å². The normalized spacial score (nSPS) is 11.4. The van der Waals surface area contributed by atoms with Crippen LogP contribution in [0.25, 0.3) is 0 Å². The summed E-state index contributed by atoms with van der Waals surface area (Å²) in [5, 5.41) is 1.27. The number of hydrogen-bond acceptors (Lipinski definition) is 4. The second-order valence-electron chi connectivity index (χ2n) is 7.04. The van der Waals surface area contributed by atoms with E-state index in [9.17, 15) is 4.39 Å². The maximum Gasteiger partial charge on any atom is 0.223 e. The van der Waals surface area contributed by atoms with E-state index in [1.165, 1.54) is 17.8 Å². The summed E-state index contributed by atoms with van der Waals surface area (Å²) >= 11 is 7.70. The first-order valence-electron chi connectivity index (χ1n) is 8.51. The highest BCUT2D eigenvalue weighted by atomic mass is 35.5. The molecule has 0 N–H and O–H groups in total. The minimum Gasteiger partial charge on any atom is -0.436 e. The van der Waals surface area contributed by atoms with Crippen LogP contribution >= 0.6 is 23.4 Å². The lowest BCUT2D eigenvalue weighted by atomic mass is 9.92. The van der Waals surface area contributed by atoms with E-state index in [1.807, 2.05) is 24.3 Å². The zero-order chi connectivity index (χ0) is 19.4. The Morgan fingerprint density at radius 2 is 1.74 bits per heavy atom. The van der Waals surface area contributed by atoms with E-state index in [0.29, 0.717) is 21.8 Å². The highest BCUT2D eigenvalue weighted by Crippen LogP contribution is 2.31. The van der Waals surface area contributed by atoms with Gasteiger partial charge in [-0.05, 0) is 23.8 Å². The number of benzene rings is 2. The molecule has 1 heterocycles. The van der Waals surface area contributed by atoms with Gasteiger partial charge in [0.1, 0.15) is 0 Å². The molecule has 0 atom stereocenters. The Balaban J connectivity index is 1.89. The van der Waals surface area contributed by atoms with Gasteiger partial charge in [-0.3, -0.25) is 0 Å². The van der Waals surface area contributed by atoms with Gasteiger partial charge in [-0.15, -0.1) is 0 Å². The average molecular weight is 403 g/mol. The van der Waals surface area contributed by atoms with E-state index >= 15 is 0 Å². The molecule has 6 heteroatoms. The standard InChI is InChI=1S/C21H20ClFN2OS/c1-21(2,3)18-12-19(26-17-11-7-6-10-16(17)23)25-20(24-18)27-13-14-8-4-5-9-15(14)22/h4-12H,13H2,1-3H3. The van der Waals surface area contributed by atoms with Gasteiger partial charge in [0.15, 0.2) is 16.7 Å². The minimum absolute atomic E-state index is 0.137. The van der Waals surface area contributed by atoms with Gasteiger partial charge in [-0.1, -0.05) is 74.5 Å². The fraction of sp³-hybridized carbons (Fsp3) is 0.238. The van der Waals surface area contributed by atoms with Crippen molar-refractivity contribution in [2.24, 2.45) is 0 Å². The van der Waals surface area contributed by atoms with Crippen LogP contribution in [0.15, 0.2) is 59.8 Å². The third-order valence-corrected chi connectivity index (χ3v) is 5.08. The third kappa shape index (κ3) is 5.21. The van der Waals surface area contributed by atoms with Crippen molar-refractivity contribution in [3.63, 3.8) is 0 Å². The van der Waals surface area contributed by atoms with Crippen LogP contribution in [0.2, 0.25) is 5.02 Å². The predicted octanol–water partition coefficient (Wildman–Crippen LogP) is 6.65. The number of rotatable bonds is 5. The van der Waals surface area contributed by atoms with E-state index in [1.54, 1.807) is 24.3 Å². The summed E-state index contributed by atoms with van der Waals surface area (Å²) < 4.78 is 19.6. The third-order valence-electron chi connectivity index (χ3n) is 3.82. The van der Waals surface area contributed by atoms with Crippen molar-refractivity contribution in [1.29, 1.82) is 0 Å². The topological polar surface area (TPSA) is 35.0 Å². The summed E-state index contributed by atoms with van der Waals surface area (Å²) in [6.45, 7) is 6.18. The van der Waals surface area contributed by atoms with E-state index in [-0.39, 0.29) is 11.2 Å². The predicted molar refractivity (Wildman–Crippen MR) is 108 cm³/mol. The first-order valence-corrected chi connectivity index (χ1v) is 9.87. The van der Waals surface area contributed by atoms with E-state index in [4.69, 9.17) is 16.3 Å². The van der Waals surface area contributed by atoms with E-state index in [0.717, 1.165) is 11.3 Å². The van der Waals surface area contributed by atoms with Crippen LogP contribution in [0.5, 0.6) is 11.6 Å². The molecule has 0 saturated heterocycles. The fourth-order valence-corrected chi connectivity index (χ4v) is 3.44. The summed E-state index contributed by atoms with van der Waals surface area (Å²) in [6.07, 6.45) is 0. The van der Waals surface area contributed by atoms with Gasteiger partial charge in [0.25, 0.3) is 0 Å². The molecule has 140 valence electrons. The number of halogens is 2. The van der Waals surface area contributed by atoms with Crippen molar-refractivity contribution in [1.82, 2.24) is 9.97 Å². The molecule has 0 radical (unpaired) electrons. The molecule has 3 nitrogen and oxygen atoms in total. The lowest BCUT2D eigenvalue weighted by molar-refractivity contribution is 0.417. The number of thioether (sulfide) groups is 1. The van der Waals surface area contributed by atoms with Crippen LogP contribution in [0.1, 0.15) is 32.0 Å². The molecule has 1 aromatic heterocycles.